The van der Waals surface area contributed by atoms with E-state index in [1.165, 1.54) is 43.2 Å². The summed E-state index contributed by atoms with van der Waals surface area (Å²) in [5, 5.41) is 6.34. The molecule has 1 aliphatic heterocycles. The first-order valence-electron chi connectivity index (χ1n) is 9.58. The number of hydrogen-bond acceptors (Lipinski definition) is 5. The maximum atomic E-state index is 5.43. The van der Waals surface area contributed by atoms with E-state index >= 15 is 0 Å². The molecule has 2 heterocycles. The first-order valence-corrected chi connectivity index (χ1v) is 10.5. The highest BCUT2D eigenvalue weighted by Crippen LogP contribution is 2.37. The lowest BCUT2D eigenvalue weighted by atomic mass is 9.84. The Morgan fingerprint density at radius 3 is 2.59 bits per heavy atom. The summed E-state index contributed by atoms with van der Waals surface area (Å²) < 4.78 is 10.8. The maximum Gasteiger partial charge on any atom is 0.231 e. The normalized spacial score (nSPS) is 16.4. The number of nitrogens with zero attached hydrogens (tertiary/aromatic N) is 1. The molecule has 0 radical (unpaired) electrons. The minimum Gasteiger partial charge on any atom is -0.454 e. The number of rotatable bonds is 4. The lowest BCUT2D eigenvalue weighted by Crippen LogP contribution is -2.04. The van der Waals surface area contributed by atoms with E-state index in [1.54, 1.807) is 11.3 Å². The first kappa shape index (κ1) is 16.6. The van der Waals surface area contributed by atoms with Crippen molar-refractivity contribution in [3.8, 4) is 22.8 Å². The van der Waals surface area contributed by atoms with Crippen LogP contribution in [0, 0.1) is 0 Å². The van der Waals surface area contributed by atoms with Gasteiger partial charge in [-0.15, -0.1) is 11.3 Å². The molecule has 0 unspecified atom stereocenters. The molecule has 1 aromatic heterocycles. The summed E-state index contributed by atoms with van der Waals surface area (Å²) in [6, 6.07) is 14.8. The smallest absolute Gasteiger partial charge is 0.231 e. The number of anilines is 2. The standard InChI is InChI=1S/C22H22N2O2S/c1-2-4-15(5-3-1)16-6-8-17(9-7-16)19-13-27-22(24-19)23-18-10-11-20-21(12-18)26-14-25-20/h6-13,15H,1-5,14H2,(H,23,24). The summed E-state index contributed by atoms with van der Waals surface area (Å²) in [5.74, 6) is 2.31. The van der Waals surface area contributed by atoms with Crippen LogP contribution in [0.3, 0.4) is 0 Å². The van der Waals surface area contributed by atoms with E-state index in [4.69, 9.17) is 14.5 Å². The van der Waals surface area contributed by atoms with Gasteiger partial charge in [0.05, 0.1) is 5.69 Å². The van der Waals surface area contributed by atoms with Crippen molar-refractivity contribution in [2.75, 3.05) is 12.1 Å². The number of fused-ring (bicyclic) bond motifs is 1. The second kappa shape index (κ2) is 7.24. The van der Waals surface area contributed by atoms with Crippen LogP contribution >= 0.6 is 11.3 Å². The molecular formula is C22H22N2O2S. The van der Waals surface area contributed by atoms with E-state index in [0.29, 0.717) is 0 Å². The second-order valence-corrected chi connectivity index (χ2v) is 8.05. The van der Waals surface area contributed by atoms with Crippen LogP contribution in [0.2, 0.25) is 0 Å². The van der Waals surface area contributed by atoms with Crippen LogP contribution in [0.1, 0.15) is 43.6 Å². The number of benzene rings is 2. The van der Waals surface area contributed by atoms with E-state index in [-0.39, 0.29) is 6.79 Å². The second-order valence-electron chi connectivity index (χ2n) is 7.19. The molecule has 1 saturated carbocycles. The Morgan fingerprint density at radius 1 is 0.926 bits per heavy atom. The van der Waals surface area contributed by atoms with Crippen LogP contribution in [0.4, 0.5) is 10.8 Å². The highest BCUT2D eigenvalue weighted by molar-refractivity contribution is 7.14. The van der Waals surface area contributed by atoms with Gasteiger partial charge in [0.1, 0.15) is 0 Å². The molecular weight excluding hydrogens is 356 g/mol. The fourth-order valence-corrected chi connectivity index (χ4v) is 4.66. The van der Waals surface area contributed by atoms with Crippen LogP contribution in [-0.4, -0.2) is 11.8 Å². The summed E-state index contributed by atoms with van der Waals surface area (Å²) in [6.45, 7) is 0.289. The minimum absolute atomic E-state index is 0.289. The number of ether oxygens (including phenoxy) is 2. The van der Waals surface area contributed by atoms with Gasteiger partial charge in [0.2, 0.25) is 6.79 Å². The molecule has 3 aromatic rings. The van der Waals surface area contributed by atoms with E-state index < -0.39 is 0 Å². The molecule has 4 nitrogen and oxygen atoms in total. The van der Waals surface area contributed by atoms with Crippen LogP contribution in [0.15, 0.2) is 47.8 Å². The summed E-state index contributed by atoms with van der Waals surface area (Å²) in [6.07, 6.45) is 6.80. The van der Waals surface area contributed by atoms with Gasteiger partial charge in [-0.1, -0.05) is 43.5 Å². The highest BCUT2D eigenvalue weighted by Gasteiger charge is 2.16. The largest absolute Gasteiger partial charge is 0.454 e. The number of thiazole rings is 1. The van der Waals surface area contributed by atoms with Crippen molar-refractivity contribution in [2.24, 2.45) is 0 Å². The third-order valence-corrected chi connectivity index (χ3v) is 6.17. The zero-order valence-corrected chi connectivity index (χ0v) is 15.9. The third-order valence-electron chi connectivity index (χ3n) is 5.41. The minimum atomic E-state index is 0.289. The predicted octanol–water partition coefficient (Wildman–Crippen LogP) is 6.33. The SMILES string of the molecule is c1cc2c(cc1Nc1nc(-c3ccc(C4CCCCC4)cc3)cs1)OCO2. The summed E-state index contributed by atoms with van der Waals surface area (Å²) in [7, 11) is 0. The number of nitrogens with one attached hydrogen (secondary N) is 1. The molecule has 2 aromatic carbocycles. The Kier molecular flexibility index (Phi) is 4.46. The molecule has 0 spiro atoms. The topological polar surface area (TPSA) is 43.4 Å². The molecule has 0 bridgehead atoms. The van der Waals surface area contributed by atoms with Gasteiger partial charge in [-0.05, 0) is 36.5 Å². The molecule has 1 N–H and O–H groups in total. The molecule has 0 saturated heterocycles. The fraction of sp³-hybridized carbons (Fsp3) is 0.318. The third kappa shape index (κ3) is 3.52. The Morgan fingerprint density at radius 2 is 1.74 bits per heavy atom. The Balaban J connectivity index is 1.30. The van der Waals surface area contributed by atoms with Gasteiger partial charge < -0.3 is 14.8 Å². The van der Waals surface area contributed by atoms with Crippen molar-refractivity contribution < 1.29 is 9.47 Å². The molecule has 0 amide bonds. The number of hydrogen-bond donors (Lipinski definition) is 1. The predicted molar refractivity (Wildman–Crippen MR) is 109 cm³/mol. The molecule has 1 aliphatic carbocycles. The van der Waals surface area contributed by atoms with Gasteiger partial charge >= 0.3 is 0 Å². The monoisotopic (exact) mass is 378 g/mol. The zero-order chi connectivity index (χ0) is 18.1. The summed E-state index contributed by atoms with van der Waals surface area (Å²) >= 11 is 1.61. The maximum absolute atomic E-state index is 5.43. The van der Waals surface area contributed by atoms with Crippen LogP contribution in [0.25, 0.3) is 11.3 Å². The van der Waals surface area contributed by atoms with Gasteiger partial charge in [0.15, 0.2) is 16.6 Å². The van der Waals surface area contributed by atoms with E-state index in [2.05, 4.69) is 35.0 Å². The van der Waals surface area contributed by atoms with Crippen molar-refractivity contribution in [3.05, 3.63) is 53.4 Å². The molecule has 5 heteroatoms. The van der Waals surface area contributed by atoms with Crippen molar-refractivity contribution in [2.45, 2.75) is 38.0 Å². The molecule has 5 rings (SSSR count). The average molecular weight is 378 g/mol. The van der Waals surface area contributed by atoms with Gasteiger partial charge in [0.25, 0.3) is 0 Å². The molecule has 0 atom stereocenters. The Hall–Kier alpha value is -2.53. The van der Waals surface area contributed by atoms with Crippen LogP contribution in [0.5, 0.6) is 11.5 Å². The lowest BCUT2D eigenvalue weighted by Gasteiger charge is -2.22. The highest BCUT2D eigenvalue weighted by atomic mass is 32.1. The molecule has 27 heavy (non-hydrogen) atoms. The van der Waals surface area contributed by atoms with Gasteiger partial charge in [0, 0.05) is 22.7 Å². The van der Waals surface area contributed by atoms with Gasteiger partial charge in [-0.3, -0.25) is 0 Å². The summed E-state index contributed by atoms with van der Waals surface area (Å²) in [5.41, 5.74) is 4.61. The van der Waals surface area contributed by atoms with E-state index in [9.17, 15) is 0 Å². The van der Waals surface area contributed by atoms with Crippen molar-refractivity contribution in [1.82, 2.24) is 4.98 Å². The zero-order valence-electron chi connectivity index (χ0n) is 15.1. The van der Waals surface area contributed by atoms with Crippen LogP contribution in [-0.2, 0) is 0 Å². The van der Waals surface area contributed by atoms with Crippen LogP contribution < -0.4 is 14.8 Å². The Bertz CT molecular complexity index is 930. The van der Waals surface area contributed by atoms with Crippen molar-refractivity contribution in [1.29, 1.82) is 0 Å². The van der Waals surface area contributed by atoms with E-state index in [1.807, 2.05) is 18.2 Å². The van der Waals surface area contributed by atoms with Gasteiger partial charge in [-0.2, -0.15) is 0 Å². The fourth-order valence-electron chi connectivity index (χ4n) is 3.92. The van der Waals surface area contributed by atoms with Gasteiger partial charge in [-0.25, -0.2) is 4.98 Å². The average Bonchev–Trinajstić information content (AvgIpc) is 3.38. The first-order chi connectivity index (χ1) is 13.3. The molecule has 1 fully saturated rings. The summed E-state index contributed by atoms with van der Waals surface area (Å²) in [4.78, 5) is 4.75. The van der Waals surface area contributed by atoms with Crippen molar-refractivity contribution >= 4 is 22.2 Å². The number of aromatic nitrogens is 1. The molecule has 138 valence electrons. The quantitative estimate of drug-likeness (QED) is 0.576. The molecule has 2 aliphatic rings. The van der Waals surface area contributed by atoms with Crippen molar-refractivity contribution in [3.63, 3.8) is 0 Å². The lowest BCUT2D eigenvalue weighted by molar-refractivity contribution is 0.174. The van der Waals surface area contributed by atoms with E-state index in [0.717, 1.165) is 33.9 Å². The Labute approximate surface area is 163 Å².